The van der Waals surface area contributed by atoms with Crippen LogP contribution in [0.2, 0.25) is 0 Å². The van der Waals surface area contributed by atoms with E-state index in [2.05, 4.69) is 166 Å². The van der Waals surface area contributed by atoms with Crippen molar-refractivity contribution in [3.05, 3.63) is 175 Å². The topological polar surface area (TPSA) is 51.8 Å². The monoisotopic (exact) mass is 667 g/mol. The van der Waals surface area contributed by atoms with E-state index >= 15 is 0 Å². The molecule has 0 saturated heterocycles. The van der Waals surface area contributed by atoms with Gasteiger partial charge in [-0.15, -0.1) is 0 Å². The molecule has 0 atom stereocenters. The lowest BCUT2D eigenvalue weighted by atomic mass is 9.82. The molecular formula is C48H33N3O. The van der Waals surface area contributed by atoms with Gasteiger partial charge in [0.1, 0.15) is 11.2 Å². The van der Waals surface area contributed by atoms with E-state index in [1.807, 2.05) is 12.1 Å². The molecular weight excluding hydrogens is 635 g/mol. The minimum absolute atomic E-state index is 0.109. The number of benzene rings is 7. The molecule has 0 fully saturated rings. The summed E-state index contributed by atoms with van der Waals surface area (Å²) < 4.78 is 6.79. The van der Waals surface area contributed by atoms with Gasteiger partial charge >= 0.3 is 0 Å². The van der Waals surface area contributed by atoms with E-state index in [1.54, 1.807) is 0 Å². The van der Waals surface area contributed by atoms with E-state index < -0.39 is 0 Å². The second-order valence-corrected chi connectivity index (χ2v) is 14.0. The normalized spacial score (nSPS) is 13.0. The lowest BCUT2D eigenvalue weighted by Gasteiger charge is -2.21. The van der Waals surface area contributed by atoms with Gasteiger partial charge in [-0.1, -0.05) is 153 Å². The molecule has 0 unspecified atom stereocenters. The summed E-state index contributed by atoms with van der Waals surface area (Å²) >= 11 is 0. The summed E-state index contributed by atoms with van der Waals surface area (Å²) in [5, 5.41) is 2.19. The molecule has 1 aliphatic carbocycles. The SMILES string of the molecule is CC1(C)c2ccccc2-c2c1ccc1oc3c(-c4nc(-c5cccc(-c6ccccc6)c5)nc(-c5cccc(-c6ccccc6)c5)n4)cccc3c21. The first-order valence-electron chi connectivity index (χ1n) is 17.7. The molecule has 0 aliphatic heterocycles. The highest BCUT2D eigenvalue weighted by Gasteiger charge is 2.37. The van der Waals surface area contributed by atoms with Crippen LogP contribution in [0.25, 0.3) is 89.5 Å². The molecule has 0 saturated carbocycles. The van der Waals surface area contributed by atoms with Crippen molar-refractivity contribution < 1.29 is 4.42 Å². The molecule has 7 aromatic carbocycles. The Labute approximate surface area is 302 Å². The van der Waals surface area contributed by atoms with Crippen LogP contribution in [-0.2, 0) is 5.41 Å². The Bertz CT molecular complexity index is 2720. The van der Waals surface area contributed by atoms with Crippen molar-refractivity contribution >= 4 is 21.9 Å². The van der Waals surface area contributed by atoms with Crippen molar-refractivity contribution in [2.45, 2.75) is 19.3 Å². The van der Waals surface area contributed by atoms with Crippen molar-refractivity contribution in [2.24, 2.45) is 0 Å². The first kappa shape index (κ1) is 30.2. The van der Waals surface area contributed by atoms with E-state index in [-0.39, 0.29) is 5.41 Å². The molecule has 9 aromatic rings. The molecule has 0 radical (unpaired) electrons. The number of aromatic nitrogens is 3. The summed E-state index contributed by atoms with van der Waals surface area (Å²) in [6, 6.07) is 57.1. The quantitative estimate of drug-likeness (QED) is 0.183. The molecule has 4 nitrogen and oxygen atoms in total. The van der Waals surface area contributed by atoms with Gasteiger partial charge in [0, 0.05) is 27.3 Å². The molecule has 0 bridgehead atoms. The van der Waals surface area contributed by atoms with Crippen LogP contribution in [0.4, 0.5) is 0 Å². The van der Waals surface area contributed by atoms with Crippen LogP contribution in [-0.4, -0.2) is 15.0 Å². The lowest BCUT2D eigenvalue weighted by molar-refractivity contribution is 0.657. The highest BCUT2D eigenvalue weighted by Crippen LogP contribution is 2.53. The van der Waals surface area contributed by atoms with Gasteiger partial charge in [0.05, 0.1) is 5.56 Å². The highest BCUT2D eigenvalue weighted by molar-refractivity contribution is 6.17. The Morgan fingerprint density at radius 3 is 1.60 bits per heavy atom. The Morgan fingerprint density at radius 2 is 0.942 bits per heavy atom. The van der Waals surface area contributed by atoms with Gasteiger partial charge in [-0.2, -0.15) is 0 Å². The van der Waals surface area contributed by atoms with Crippen LogP contribution in [0.15, 0.2) is 168 Å². The highest BCUT2D eigenvalue weighted by atomic mass is 16.3. The zero-order valence-electron chi connectivity index (χ0n) is 28.8. The fourth-order valence-corrected chi connectivity index (χ4v) is 7.95. The van der Waals surface area contributed by atoms with Gasteiger partial charge in [-0.25, -0.2) is 15.0 Å². The van der Waals surface area contributed by atoms with Gasteiger partial charge in [0.15, 0.2) is 17.5 Å². The van der Waals surface area contributed by atoms with Crippen LogP contribution in [0, 0.1) is 0 Å². The number of hydrogen-bond acceptors (Lipinski definition) is 4. The first-order chi connectivity index (χ1) is 25.5. The van der Waals surface area contributed by atoms with Gasteiger partial charge in [-0.3, -0.25) is 0 Å². The molecule has 246 valence electrons. The fraction of sp³-hybridized carbons (Fsp3) is 0.0625. The van der Waals surface area contributed by atoms with Crippen molar-refractivity contribution in [1.29, 1.82) is 0 Å². The average molecular weight is 668 g/mol. The maximum atomic E-state index is 6.79. The molecule has 1 aliphatic rings. The zero-order valence-corrected chi connectivity index (χ0v) is 28.8. The van der Waals surface area contributed by atoms with E-state index in [9.17, 15) is 0 Å². The lowest BCUT2D eigenvalue weighted by Crippen LogP contribution is -2.14. The predicted octanol–water partition coefficient (Wildman–Crippen LogP) is 12.4. The molecule has 2 aromatic heterocycles. The maximum Gasteiger partial charge on any atom is 0.167 e. The fourth-order valence-electron chi connectivity index (χ4n) is 7.95. The summed E-state index contributed by atoms with van der Waals surface area (Å²) in [4.78, 5) is 15.5. The Kier molecular flexibility index (Phi) is 6.80. The summed E-state index contributed by atoms with van der Waals surface area (Å²) in [5.41, 5.74) is 13.8. The van der Waals surface area contributed by atoms with Crippen molar-refractivity contribution in [3.63, 3.8) is 0 Å². The molecule has 2 heterocycles. The Balaban J connectivity index is 1.20. The van der Waals surface area contributed by atoms with Crippen molar-refractivity contribution in [3.8, 4) is 67.5 Å². The predicted molar refractivity (Wildman–Crippen MR) is 212 cm³/mol. The third kappa shape index (κ3) is 4.79. The van der Waals surface area contributed by atoms with E-state index in [0.717, 1.165) is 60.9 Å². The van der Waals surface area contributed by atoms with Crippen LogP contribution >= 0.6 is 0 Å². The Morgan fingerprint density at radius 1 is 0.423 bits per heavy atom. The van der Waals surface area contributed by atoms with Crippen LogP contribution in [0.3, 0.4) is 0 Å². The van der Waals surface area contributed by atoms with Gasteiger partial charge in [0.25, 0.3) is 0 Å². The maximum absolute atomic E-state index is 6.79. The first-order valence-corrected chi connectivity index (χ1v) is 17.7. The largest absolute Gasteiger partial charge is 0.455 e. The summed E-state index contributed by atoms with van der Waals surface area (Å²) in [7, 11) is 0. The number of nitrogens with zero attached hydrogens (tertiary/aromatic N) is 3. The third-order valence-corrected chi connectivity index (χ3v) is 10.5. The standard InChI is InChI=1S/C48H33N3O/c1-48(2)39-25-10-9-22-36(39)42-40(48)26-27-41-43(42)37-23-13-24-38(44(37)52-41)47-50-45(34-20-11-18-32(28-34)30-14-5-3-6-15-30)49-46(51-47)35-21-12-19-33(29-35)31-16-7-4-8-17-31/h3-29H,1-2H3. The second kappa shape index (κ2) is 11.7. The molecule has 4 heteroatoms. The number of hydrogen-bond donors (Lipinski definition) is 0. The number of furan rings is 1. The third-order valence-electron chi connectivity index (χ3n) is 10.5. The molecule has 0 amide bonds. The van der Waals surface area contributed by atoms with Crippen molar-refractivity contribution in [1.82, 2.24) is 15.0 Å². The van der Waals surface area contributed by atoms with E-state index in [4.69, 9.17) is 19.4 Å². The van der Waals surface area contributed by atoms with Crippen LogP contribution in [0.5, 0.6) is 0 Å². The Hall–Kier alpha value is -6.65. The molecule has 10 rings (SSSR count). The second-order valence-electron chi connectivity index (χ2n) is 14.0. The van der Waals surface area contributed by atoms with Crippen molar-refractivity contribution in [2.75, 3.05) is 0 Å². The summed E-state index contributed by atoms with van der Waals surface area (Å²) in [6.45, 7) is 4.62. The van der Waals surface area contributed by atoms with E-state index in [1.165, 1.54) is 22.3 Å². The van der Waals surface area contributed by atoms with E-state index in [0.29, 0.717) is 17.5 Å². The summed E-state index contributed by atoms with van der Waals surface area (Å²) in [6.07, 6.45) is 0. The zero-order chi connectivity index (χ0) is 34.8. The van der Waals surface area contributed by atoms with Crippen LogP contribution in [0.1, 0.15) is 25.0 Å². The smallest absolute Gasteiger partial charge is 0.167 e. The van der Waals surface area contributed by atoms with Gasteiger partial charge < -0.3 is 4.42 Å². The van der Waals surface area contributed by atoms with Gasteiger partial charge in [-0.05, 0) is 68.8 Å². The van der Waals surface area contributed by atoms with Gasteiger partial charge in [0.2, 0.25) is 0 Å². The minimum atomic E-state index is -0.109. The molecule has 52 heavy (non-hydrogen) atoms. The molecule has 0 spiro atoms. The van der Waals surface area contributed by atoms with Crippen LogP contribution < -0.4 is 0 Å². The minimum Gasteiger partial charge on any atom is -0.455 e. The summed E-state index contributed by atoms with van der Waals surface area (Å²) in [5.74, 6) is 1.78. The number of fused-ring (bicyclic) bond motifs is 7. The molecule has 0 N–H and O–H groups in total. The number of rotatable bonds is 5. The average Bonchev–Trinajstić information content (AvgIpc) is 3.70. The number of para-hydroxylation sites is 1.